The molecule has 3 heterocycles. The first-order chi connectivity index (χ1) is 13.7. The van der Waals surface area contributed by atoms with E-state index in [0.29, 0.717) is 25.5 Å². The molecule has 1 N–H and O–H groups in total. The second kappa shape index (κ2) is 8.20. The highest BCUT2D eigenvalue weighted by molar-refractivity contribution is 5.99. The molecule has 0 saturated carbocycles. The number of benzene rings is 1. The van der Waals surface area contributed by atoms with Crippen LogP contribution < -0.4 is 5.32 Å². The zero-order valence-corrected chi connectivity index (χ0v) is 16.4. The Morgan fingerprint density at radius 2 is 2.07 bits per heavy atom. The van der Waals surface area contributed by atoms with Crippen LogP contribution in [0.25, 0.3) is 11.0 Å². The van der Waals surface area contributed by atoms with Crippen molar-refractivity contribution in [1.82, 2.24) is 10.2 Å². The van der Waals surface area contributed by atoms with Crippen LogP contribution in [-0.4, -0.2) is 43.7 Å². The van der Waals surface area contributed by atoms with E-state index in [9.17, 15) is 4.79 Å². The molecule has 3 aromatic rings. The molecule has 0 spiro atoms. The number of ether oxygens (including phenoxy) is 1. The minimum atomic E-state index is -0.198. The second-order valence-corrected chi connectivity index (χ2v) is 7.13. The van der Waals surface area contributed by atoms with E-state index in [4.69, 9.17) is 13.6 Å². The summed E-state index contributed by atoms with van der Waals surface area (Å²) in [6, 6.07) is 9.88. The normalized spacial score (nSPS) is 16.4. The minimum Gasteiger partial charge on any atom is -0.468 e. The Morgan fingerprint density at radius 3 is 2.79 bits per heavy atom. The number of carbonyl (C=O) groups is 1. The quantitative estimate of drug-likeness (QED) is 0.704. The Hall–Kier alpha value is -2.57. The third-order valence-electron chi connectivity index (χ3n) is 5.43. The van der Waals surface area contributed by atoms with Gasteiger partial charge in [0.15, 0.2) is 5.76 Å². The summed E-state index contributed by atoms with van der Waals surface area (Å²) in [7, 11) is 0. The highest BCUT2D eigenvalue weighted by Crippen LogP contribution is 2.27. The van der Waals surface area contributed by atoms with Crippen molar-refractivity contribution in [2.24, 2.45) is 0 Å². The standard InChI is InChI=1S/C22H26N2O4/c1-3-16-6-7-19-17(13-16)15(2)21(28-19)22(25)23-14-18(20-5-4-10-27-20)24-8-11-26-12-9-24/h4-7,10,13,18H,3,8-9,11-12,14H2,1-2H3,(H,23,25)/t18-/m0/s1. The van der Waals surface area contributed by atoms with Gasteiger partial charge >= 0.3 is 0 Å². The predicted octanol–water partition coefficient (Wildman–Crippen LogP) is 3.70. The molecular formula is C22H26N2O4. The van der Waals surface area contributed by atoms with Crippen molar-refractivity contribution in [3.63, 3.8) is 0 Å². The molecule has 2 aromatic heterocycles. The molecule has 148 valence electrons. The van der Waals surface area contributed by atoms with Crippen LogP contribution in [0.5, 0.6) is 0 Å². The summed E-state index contributed by atoms with van der Waals surface area (Å²) in [5.74, 6) is 1.02. The van der Waals surface area contributed by atoms with E-state index in [1.54, 1.807) is 6.26 Å². The Kier molecular flexibility index (Phi) is 5.50. The average Bonchev–Trinajstić information content (AvgIpc) is 3.37. The van der Waals surface area contributed by atoms with Gasteiger partial charge in [-0.1, -0.05) is 13.0 Å². The van der Waals surface area contributed by atoms with Crippen molar-refractivity contribution in [1.29, 1.82) is 0 Å². The zero-order valence-electron chi connectivity index (χ0n) is 16.4. The molecule has 0 unspecified atom stereocenters. The second-order valence-electron chi connectivity index (χ2n) is 7.13. The SMILES string of the molecule is CCc1ccc2oc(C(=O)NC[C@@H](c3ccco3)N3CCOCC3)c(C)c2c1. The molecule has 1 saturated heterocycles. The Labute approximate surface area is 164 Å². The number of amides is 1. The summed E-state index contributed by atoms with van der Waals surface area (Å²) in [6.07, 6.45) is 2.62. The minimum absolute atomic E-state index is 0.0285. The molecule has 1 fully saturated rings. The summed E-state index contributed by atoms with van der Waals surface area (Å²) in [4.78, 5) is 15.1. The monoisotopic (exact) mass is 382 g/mol. The van der Waals surface area contributed by atoms with Gasteiger partial charge in [-0.15, -0.1) is 0 Å². The van der Waals surface area contributed by atoms with Crippen LogP contribution in [0.15, 0.2) is 45.4 Å². The van der Waals surface area contributed by atoms with Gasteiger partial charge in [0, 0.05) is 30.6 Å². The maximum atomic E-state index is 12.9. The molecule has 0 aliphatic carbocycles. The lowest BCUT2D eigenvalue weighted by Gasteiger charge is -2.33. The largest absolute Gasteiger partial charge is 0.468 e. The van der Waals surface area contributed by atoms with Crippen molar-refractivity contribution in [3.8, 4) is 0 Å². The number of furan rings is 2. The van der Waals surface area contributed by atoms with Gasteiger partial charge < -0.3 is 18.9 Å². The molecule has 6 heteroatoms. The number of aryl methyl sites for hydroxylation is 2. The molecule has 0 radical (unpaired) electrons. The van der Waals surface area contributed by atoms with Gasteiger partial charge in [0.1, 0.15) is 11.3 Å². The molecule has 4 rings (SSSR count). The van der Waals surface area contributed by atoms with Crippen molar-refractivity contribution in [2.75, 3.05) is 32.8 Å². The number of fused-ring (bicyclic) bond motifs is 1. The topological polar surface area (TPSA) is 67.9 Å². The van der Waals surface area contributed by atoms with Gasteiger partial charge in [0.05, 0.1) is 25.5 Å². The lowest BCUT2D eigenvalue weighted by Crippen LogP contribution is -2.43. The van der Waals surface area contributed by atoms with E-state index in [2.05, 4.69) is 23.2 Å². The van der Waals surface area contributed by atoms with E-state index < -0.39 is 0 Å². The zero-order chi connectivity index (χ0) is 19.5. The smallest absolute Gasteiger partial charge is 0.287 e. The first-order valence-corrected chi connectivity index (χ1v) is 9.82. The lowest BCUT2D eigenvalue weighted by molar-refractivity contribution is 0.0117. The Balaban J connectivity index is 1.52. The lowest BCUT2D eigenvalue weighted by atomic mass is 10.1. The van der Waals surface area contributed by atoms with E-state index in [-0.39, 0.29) is 11.9 Å². The molecule has 1 aliphatic rings. The summed E-state index contributed by atoms with van der Waals surface area (Å²) in [5.41, 5.74) is 2.85. The van der Waals surface area contributed by atoms with Crippen molar-refractivity contribution >= 4 is 16.9 Å². The van der Waals surface area contributed by atoms with Crippen molar-refractivity contribution < 1.29 is 18.4 Å². The highest BCUT2D eigenvalue weighted by Gasteiger charge is 2.26. The van der Waals surface area contributed by atoms with Crippen LogP contribution in [0.3, 0.4) is 0 Å². The van der Waals surface area contributed by atoms with E-state index in [0.717, 1.165) is 41.8 Å². The van der Waals surface area contributed by atoms with Crippen LogP contribution in [-0.2, 0) is 11.2 Å². The molecule has 0 bridgehead atoms. The summed E-state index contributed by atoms with van der Waals surface area (Å²) >= 11 is 0. The van der Waals surface area contributed by atoms with Gasteiger partial charge in [-0.3, -0.25) is 9.69 Å². The maximum absolute atomic E-state index is 12.9. The van der Waals surface area contributed by atoms with Crippen LogP contribution in [0.1, 0.15) is 40.4 Å². The van der Waals surface area contributed by atoms with Gasteiger partial charge in [-0.05, 0) is 43.2 Å². The summed E-state index contributed by atoms with van der Waals surface area (Å²) in [6.45, 7) is 7.50. The molecule has 1 amide bonds. The number of rotatable bonds is 6. The van der Waals surface area contributed by atoms with E-state index in [1.165, 1.54) is 5.56 Å². The summed E-state index contributed by atoms with van der Waals surface area (Å²) in [5, 5.41) is 4.04. The third kappa shape index (κ3) is 3.70. The number of hydrogen-bond acceptors (Lipinski definition) is 5. The number of hydrogen-bond donors (Lipinski definition) is 1. The van der Waals surface area contributed by atoms with Crippen molar-refractivity contribution in [3.05, 3.63) is 59.2 Å². The third-order valence-corrected chi connectivity index (χ3v) is 5.43. The van der Waals surface area contributed by atoms with Gasteiger partial charge in [0.2, 0.25) is 0 Å². The molecule has 1 aromatic carbocycles. The Bertz CT molecular complexity index is 939. The van der Waals surface area contributed by atoms with E-state index >= 15 is 0 Å². The number of carbonyl (C=O) groups excluding carboxylic acids is 1. The van der Waals surface area contributed by atoms with Gasteiger partial charge in [-0.2, -0.15) is 0 Å². The fraction of sp³-hybridized carbons (Fsp3) is 0.409. The predicted molar refractivity (Wildman–Crippen MR) is 107 cm³/mol. The molecular weight excluding hydrogens is 356 g/mol. The number of morpholine rings is 1. The van der Waals surface area contributed by atoms with E-state index in [1.807, 2.05) is 31.2 Å². The average molecular weight is 382 g/mol. The maximum Gasteiger partial charge on any atom is 0.287 e. The number of nitrogens with zero attached hydrogens (tertiary/aromatic N) is 1. The fourth-order valence-corrected chi connectivity index (χ4v) is 3.75. The first-order valence-electron chi connectivity index (χ1n) is 9.82. The van der Waals surface area contributed by atoms with Crippen LogP contribution in [0, 0.1) is 6.92 Å². The number of nitrogens with one attached hydrogen (secondary N) is 1. The molecule has 1 atom stereocenters. The molecule has 6 nitrogen and oxygen atoms in total. The fourth-order valence-electron chi connectivity index (χ4n) is 3.75. The Morgan fingerprint density at radius 1 is 1.25 bits per heavy atom. The highest BCUT2D eigenvalue weighted by atomic mass is 16.5. The summed E-state index contributed by atoms with van der Waals surface area (Å²) < 4.78 is 16.9. The molecule has 28 heavy (non-hydrogen) atoms. The molecule has 1 aliphatic heterocycles. The van der Waals surface area contributed by atoms with Crippen LogP contribution in [0.4, 0.5) is 0 Å². The van der Waals surface area contributed by atoms with Crippen molar-refractivity contribution in [2.45, 2.75) is 26.3 Å². The van der Waals surface area contributed by atoms with Crippen LogP contribution >= 0.6 is 0 Å². The van der Waals surface area contributed by atoms with Crippen LogP contribution in [0.2, 0.25) is 0 Å². The van der Waals surface area contributed by atoms with Gasteiger partial charge in [-0.25, -0.2) is 0 Å². The van der Waals surface area contributed by atoms with Gasteiger partial charge in [0.25, 0.3) is 5.91 Å². The first kappa shape index (κ1) is 18.8.